The molecule has 192 valence electrons. The first kappa shape index (κ1) is 30.9. The second kappa shape index (κ2) is 14.2. The van der Waals surface area contributed by atoms with Crippen molar-refractivity contribution in [1.29, 1.82) is 0 Å². The third-order valence-electron chi connectivity index (χ3n) is 4.70. The average molecular weight is 484 g/mol. The highest BCUT2D eigenvalue weighted by Gasteiger charge is 2.30. The van der Waals surface area contributed by atoms with Gasteiger partial charge < -0.3 is 20.7 Å². The summed E-state index contributed by atoms with van der Waals surface area (Å²) in [7, 11) is 0. The molecule has 34 heavy (non-hydrogen) atoms. The quantitative estimate of drug-likeness (QED) is 0.329. The molecule has 11 nitrogen and oxygen atoms in total. The number of amides is 3. The maximum absolute atomic E-state index is 12.8. The molecule has 0 aliphatic rings. The van der Waals surface area contributed by atoms with Crippen LogP contribution in [-0.2, 0) is 33.5 Å². The van der Waals surface area contributed by atoms with Crippen molar-refractivity contribution >= 4 is 41.0 Å². The fourth-order valence-corrected chi connectivity index (χ4v) is 2.72. The molecule has 3 amide bonds. The SMILES string of the molecule is CC(=O)CC(NC(=O)CC(NC(=O)OCCC(C)(C)C)C(=O)NC(CC(C)=O)C(C)=O)C(C)=O. The molecule has 0 spiro atoms. The number of rotatable bonds is 14. The van der Waals surface area contributed by atoms with Crippen LogP contribution in [0.25, 0.3) is 0 Å². The summed E-state index contributed by atoms with van der Waals surface area (Å²) >= 11 is 0. The average Bonchev–Trinajstić information content (AvgIpc) is 2.64. The molecule has 3 unspecified atom stereocenters. The Hall–Kier alpha value is -3.11. The van der Waals surface area contributed by atoms with E-state index in [4.69, 9.17) is 4.74 Å². The van der Waals surface area contributed by atoms with Crippen molar-refractivity contribution in [3.05, 3.63) is 0 Å². The Kier molecular flexibility index (Phi) is 12.9. The smallest absolute Gasteiger partial charge is 0.407 e. The Morgan fingerprint density at radius 2 is 1.15 bits per heavy atom. The normalized spacial score (nSPS) is 13.6. The predicted octanol–water partition coefficient (Wildman–Crippen LogP) is 1.01. The number of Topliss-reactive ketones (excluding diaryl/α,β-unsaturated/α-hetero) is 4. The molecule has 0 bridgehead atoms. The lowest BCUT2D eigenvalue weighted by atomic mass is 9.93. The van der Waals surface area contributed by atoms with Crippen molar-refractivity contribution in [2.45, 2.75) is 92.3 Å². The molecule has 0 rings (SSSR count). The van der Waals surface area contributed by atoms with Gasteiger partial charge in [-0.3, -0.25) is 28.8 Å². The van der Waals surface area contributed by atoms with Crippen LogP contribution in [0.3, 0.4) is 0 Å². The Bertz CT molecular complexity index is 801. The molecule has 0 aliphatic carbocycles. The Balaban J connectivity index is 5.47. The summed E-state index contributed by atoms with van der Waals surface area (Å²) in [6.45, 7) is 10.9. The van der Waals surface area contributed by atoms with E-state index in [1.165, 1.54) is 27.7 Å². The fraction of sp³-hybridized carbons (Fsp3) is 0.696. The van der Waals surface area contributed by atoms with E-state index in [-0.39, 0.29) is 36.4 Å². The van der Waals surface area contributed by atoms with Crippen molar-refractivity contribution in [3.63, 3.8) is 0 Å². The minimum atomic E-state index is -1.46. The summed E-state index contributed by atoms with van der Waals surface area (Å²) in [6.07, 6.45) is -1.46. The largest absolute Gasteiger partial charge is 0.450 e. The van der Waals surface area contributed by atoms with E-state index in [0.717, 1.165) is 0 Å². The zero-order valence-electron chi connectivity index (χ0n) is 21.0. The van der Waals surface area contributed by atoms with Gasteiger partial charge in [-0.25, -0.2) is 4.79 Å². The molecule has 3 N–H and O–H groups in total. The monoisotopic (exact) mass is 483 g/mol. The second-order valence-electron chi connectivity index (χ2n) is 9.56. The van der Waals surface area contributed by atoms with Crippen LogP contribution < -0.4 is 16.0 Å². The summed E-state index contributed by atoms with van der Waals surface area (Å²) in [4.78, 5) is 83.9. The molecule has 0 aromatic heterocycles. The van der Waals surface area contributed by atoms with Crippen LogP contribution in [0, 0.1) is 5.41 Å². The van der Waals surface area contributed by atoms with Gasteiger partial charge in [0, 0.05) is 12.8 Å². The van der Waals surface area contributed by atoms with Gasteiger partial charge in [0.15, 0.2) is 11.6 Å². The topological polar surface area (TPSA) is 165 Å². The fourth-order valence-electron chi connectivity index (χ4n) is 2.72. The number of nitrogens with one attached hydrogen (secondary N) is 3. The molecule has 0 radical (unpaired) electrons. The van der Waals surface area contributed by atoms with Crippen LogP contribution in [0.2, 0.25) is 0 Å². The molecular formula is C23H37N3O8. The standard InChI is InChI=1S/C23H37N3O8/c1-13(27)10-17(15(3)29)24-20(31)12-19(26-22(33)34-9-8-23(5,6)7)21(32)25-18(16(4)30)11-14(2)28/h17-19H,8-12H2,1-7H3,(H,24,31)(H,25,32)(H,26,33). The maximum Gasteiger partial charge on any atom is 0.407 e. The molecule has 0 saturated carbocycles. The van der Waals surface area contributed by atoms with Crippen LogP contribution in [-0.4, -0.2) is 65.8 Å². The van der Waals surface area contributed by atoms with Crippen molar-refractivity contribution in [3.8, 4) is 0 Å². The van der Waals surface area contributed by atoms with Crippen LogP contribution in [0.4, 0.5) is 4.79 Å². The molecule has 0 fully saturated rings. The van der Waals surface area contributed by atoms with E-state index in [0.29, 0.717) is 6.42 Å². The minimum absolute atomic E-state index is 0.0707. The van der Waals surface area contributed by atoms with Gasteiger partial charge in [0.2, 0.25) is 11.8 Å². The highest BCUT2D eigenvalue weighted by molar-refractivity contribution is 5.97. The van der Waals surface area contributed by atoms with E-state index in [2.05, 4.69) is 16.0 Å². The zero-order chi connectivity index (χ0) is 26.6. The molecule has 0 aromatic rings. The van der Waals surface area contributed by atoms with Gasteiger partial charge in [-0.05, 0) is 39.5 Å². The number of carbonyl (C=O) groups excluding carboxylic acids is 7. The van der Waals surface area contributed by atoms with Crippen LogP contribution >= 0.6 is 0 Å². The van der Waals surface area contributed by atoms with Crippen molar-refractivity contribution in [2.75, 3.05) is 6.61 Å². The predicted molar refractivity (Wildman–Crippen MR) is 123 cm³/mol. The Morgan fingerprint density at radius 3 is 1.56 bits per heavy atom. The van der Waals surface area contributed by atoms with Gasteiger partial charge in [0.1, 0.15) is 17.6 Å². The summed E-state index contributed by atoms with van der Waals surface area (Å²) in [5.41, 5.74) is -0.100. The Morgan fingerprint density at radius 1 is 0.676 bits per heavy atom. The zero-order valence-corrected chi connectivity index (χ0v) is 21.0. The van der Waals surface area contributed by atoms with E-state index >= 15 is 0 Å². The molecule has 0 heterocycles. The van der Waals surface area contributed by atoms with Crippen LogP contribution in [0.15, 0.2) is 0 Å². The van der Waals surface area contributed by atoms with E-state index in [1.54, 1.807) is 0 Å². The summed E-state index contributed by atoms with van der Waals surface area (Å²) in [6, 6.07) is -3.66. The highest BCUT2D eigenvalue weighted by atomic mass is 16.5. The third kappa shape index (κ3) is 14.1. The number of ketones is 4. The van der Waals surface area contributed by atoms with Crippen LogP contribution in [0.1, 0.15) is 74.1 Å². The summed E-state index contributed by atoms with van der Waals surface area (Å²) in [5.74, 6) is -3.23. The lowest BCUT2D eigenvalue weighted by Crippen LogP contribution is -2.54. The van der Waals surface area contributed by atoms with E-state index in [1.807, 2.05) is 20.8 Å². The van der Waals surface area contributed by atoms with Gasteiger partial charge in [-0.1, -0.05) is 20.8 Å². The molecular weight excluding hydrogens is 446 g/mol. The minimum Gasteiger partial charge on any atom is -0.450 e. The first-order valence-corrected chi connectivity index (χ1v) is 11.0. The first-order valence-electron chi connectivity index (χ1n) is 11.0. The van der Waals surface area contributed by atoms with Crippen molar-refractivity contribution < 1.29 is 38.3 Å². The summed E-state index contributed by atoms with van der Waals surface area (Å²) < 4.78 is 5.09. The number of carbonyl (C=O) groups is 7. The van der Waals surface area contributed by atoms with Gasteiger partial charge >= 0.3 is 6.09 Å². The second-order valence-corrected chi connectivity index (χ2v) is 9.56. The van der Waals surface area contributed by atoms with Crippen molar-refractivity contribution in [1.82, 2.24) is 16.0 Å². The lowest BCUT2D eigenvalue weighted by Gasteiger charge is -2.23. The van der Waals surface area contributed by atoms with Crippen molar-refractivity contribution in [2.24, 2.45) is 5.41 Å². The number of ether oxygens (including phenoxy) is 1. The number of alkyl carbamates (subject to hydrolysis) is 1. The Labute approximate surface area is 200 Å². The highest BCUT2D eigenvalue weighted by Crippen LogP contribution is 2.17. The lowest BCUT2D eigenvalue weighted by molar-refractivity contribution is -0.132. The van der Waals surface area contributed by atoms with Gasteiger partial charge in [-0.2, -0.15) is 0 Å². The van der Waals surface area contributed by atoms with Gasteiger partial charge in [0.25, 0.3) is 0 Å². The van der Waals surface area contributed by atoms with Gasteiger partial charge in [0.05, 0.1) is 25.1 Å². The van der Waals surface area contributed by atoms with Crippen LogP contribution in [0.5, 0.6) is 0 Å². The first-order chi connectivity index (χ1) is 15.5. The van der Waals surface area contributed by atoms with E-state index in [9.17, 15) is 33.6 Å². The van der Waals surface area contributed by atoms with Gasteiger partial charge in [-0.15, -0.1) is 0 Å². The summed E-state index contributed by atoms with van der Waals surface area (Å²) in [5, 5.41) is 7.03. The van der Waals surface area contributed by atoms with E-state index < -0.39 is 54.0 Å². The molecule has 3 atom stereocenters. The molecule has 11 heteroatoms. The number of hydrogen-bond donors (Lipinski definition) is 3. The molecule has 0 aliphatic heterocycles. The third-order valence-corrected chi connectivity index (χ3v) is 4.70. The number of hydrogen-bond acceptors (Lipinski definition) is 8. The molecule has 0 saturated heterocycles. The maximum atomic E-state index is 12.8. The molecule has 0 aromatic carbocycles.